The normalized spacial score (nSPS) is 22.3. The number of nitrogens with one attached hydrogen (secondary N) is 1. The molecule has 2 heterocycles. The number of rotatable bonds is 2. The third kappa shape index (κ3) is 3.13. The molecule has 0 spiro atoms. The second-order valence-corrected chi connectivity index (χ2v) is 6.43. The molecule has 1 aliphatic rings. The molecule has 1 aliphatic heterocycles. The lowest BCUT2D eigenvalue weighted by atomic mass is 10.1. The number of amides is 1. The van der Waals surface area contributed by atoms with Crippen LogP contribution in [-0.2, 0) is 14.6 Å². The number of carbonyl (C=O) groups excluding carboxylic acids is 1. The number of carbonyl (C=O) groups is 1. The van der Waals surface area contributed by atoms with Gasteiger partial charge in [0.25, 0.3) is 0 Å². The molecular weight excluding hydrogens is 266 g/mol. The van der Waals surface area contributed by atoms with Crippen molar-refractivity contribution in [1.82, 2.24) is 9.97 Å². The van der Waals surface area contributed by atoms with E-state index in [9.17, 15) is 13.2 Å². The Hall–Kier alpha value is -1.21. The van der Waals surface area contributed by atoms with Crippen LogP contribution < -0.4 is 5.32 Å². The molecule has 1 saturated heterocycles. The highest BCUT2D eigenvalue weighted by Crippen LogP contribution is 2.20. The average Bonchev–Trinajstić information content (AvgIpc) is 2.59. The topological polar surface area (TPSA) is 89.0 Å². The third-order valence-electron chi connectivity index (χ3n) is 2.46. The Kier molecular flexibility index (Phi) is 3.30. The number of aromatic nitrogens is 2. The van der Waals surface area contributed by atoms with Crippen molar-refractivity contribution in [3.8, 4) is 0 Å². The standard InChI is InChI=1S/C9H10ClN3O3S/c10-7-3-11-4-8(12-7)13-9(14)6-1-2-17(15,16)5-6/h3-4,6H,1-2,5H2,(H,12,13,14). The van der Waals surface area contributed by atoms with Gasteiger partial charge in [-0.2, -0.15) is 0 Å². The van der Waals surface area contributed by atoms with E-state index in [0.29, 0.717) is 6.42 Å². The minimum Gasteiger partial charge on any atom is -0.309 e. The van der Waals surface area contributed by atoms with E-state index >= 15 is 0 Å². The number of hydrogen-bond acceptors (Lipinski definition) is 5. The van der Waals surface area contributed by atoms with Crippen LogP contribution in [0.2, 0.25) is 5.15 Å². The van der Waals surface area contributed by atoms with Crippen LogP contribution in [-0.4, -0.2) is 35.8 Å². The molecule has 1 aromatic heterocycles. The van der Waals surface area contributed by atoms with Gasteiger partial charge in [-0.3, -0.25) is 9.78 Å². The van der Waals surface area contributed by atoms with Crippen LogP contribution >= 0.6 is 11.6 Å². The predicted octanol–water partition coefficient (Wildman–Crippen LogP) is 0.503. The van der Waals surface area contributed by atoms with Crippen LogP contribution in [0, 0.1) is 5.92 Å². The summed E-state index contributed by atoms with van der Waals surface area (Å²) >= 11 is 5.61. The minimum absolute atomic E-state index is 0.0618. The second kappa shape index (κ2) is 4.58. The predicted molar refractivity (Wildman–Crippen MR) is 62.4 cm³/mol. The third-order valence-corrected chi connectivity index (χ3v) is 4.41. The van der Waals surface area contributed by atoms with Gasteiger partial charge in [-0.25, -0.2) is 13.4 Å². The van der Waals surface area contributed by atoms with Crippen molar-refractivity contribution in [2.75, 3.05) is 16.8 Å². The summed E-state index contributed by atoms with van der Waals surface area (Å²) in [4.78, 5) is 19.3. The van der Waals surface area contributed by atoms with Crippen molar-refractivity contribution in [1.29, 1.82) is 0 Å². The lowest BCUT2D eigenvalue weighted by Gasteiger charge is -2.08. The second-order valence-electron chi connectivity index (χ2n) is 3.82. The number of halogens is 1. The summed E-state index contributed by atoms with van der Waals surface area (Å²) in [5, 5.41) is 2.67. The van der Waals surface area contributed by atoms with Crippen molar-refractivity contribution in [2.45, 2.75) is 6.42 Å². The SMILES string of the molecule is O=C(Nc1cncc(Cl)n1)C1CCS(=O)(=O)C1. The summed E-state index contributed by atoms with van der Waals surface area (Å²) in [7, 11) is -3.06. The van der Waals surface area contributed by atoms with E-state index in [1.807, 2.05) is 0 Å². The lowest BCUT2D eigenvalue weighted by Crippen LogP contribution is -2.24. The number of sulfone groups is 1. The Labute approximate surface area is 103 Å². The summed E-state index contributed by atoms with van der Waals surface area (Å²) in [5.74, 6) is -0.686. The van der Waals surface area contributed by atoms with Gasteiger partial charge in [0.2, 0.25) is 5.91 Å². The fourth-order valence-electron chi connectivity index (χ4n) is 1.63. The number of hydrogen-bond donors (Lipinski definition) is 1. The molecule has 17 heavy (non-hydrogen) atoms. The quantitative estimate of drug-likeness (QED) is 0.849. The van der Waals surface area contributed by atoms with Gasteiger partial charge >= 0.3 is 0 Å². The molecule has 2 rings (SSSR count). The Bertz CT molecular complexity index is 546. The van der Waals surface area contributed by atoms with E-state index in [2.05, 4.69) is 15.3 Å². The van der Waals surface area contributed by atoms with Gasteiger partial charge in [0.1, 0.15) is 5.15 Å². The number of anilines is 1. The highest BCUT2D eigenvalue weighted by molar-refractivity contribution is 7.91. The largest absolute Gasteiger partial charge is 0.309 e. The van der Waals surface area contributed by atoms with Crippen molar-refractivity contribution >= 4 is 33.2 Å². The van der Waals surface area contributed by atoms with Crippen LogP contribution in [0.5, 0.6) is 0 Å². The van der Waals surface area contributed by atoms with Gasteiger partial charge in [0.15, 0.2) is 15.7 Å². The Morgan fingerprint density at radius 2 is 2.24 bits per heavy atom. The summed E-state index contributed by atoms with van der Waals surface area (Å²) in [6, 6.07) is 0. The molecule has 6 nitrogen and oxygen atoms in total. The van der Waals surface area contributed by atoms with E-state index in [-0.39, 0.29) is 28.4 Å². The summed E-state index contributed by atoms with van der Waals surface area (Å²) in [5.41, 5.74) is 0. The first-order chi connectivity index (χ1) is 7.96. The molecule has 1 fully saturated rings. The van der Waals surface area contributed by atoms with Crippen LogP contribution in [0.3, 0.4) is 0 Å². The van der Waals surface area contributed by atoms with Crippen molar-refractivity contribution in [3.63, 3.8) is 0 Å². The van der Waals surface area contributed by atoms with Crippen molar-refractivity contribution in [2.24, 2.45) is 5.92 Å². The molecule has 8 heteroatoms. The van der Waals surface area contributed by atoms with E-state index < -0.39 is 15.8 Å². The Morgan fingerprint density at radius 1 is 1.47 bits per heavy atom. The fourth-order valence-corrected chi connectivity index (χ4v) is 3.52. The van der Waals surface area contributed by atoms with Crippen molar-refractivity contribution < 1.29 is 13.2 Å². The first kappa shape index (κ1) is 12.3. The van der Waals surface area contributed by atoms with Gasteiger partial charge in [-0.05, 0) is 6.42 Å². The number of nitrogens with zero attached hydrogens (tertiary/aromatic N) is 2. The van der Waals surface area contributed by atoms with Crippen LogP contribution in [0.15, 0.2) is 12.4 Å². The summed E-state index contributed by atoms with van der Waals surface area (Å²) in [6.45, 7) is 0. The molecule has 1 aromatic rings. The highest BCUT2D eigenvalue weighted by atomic mass is 35.5. The monoisotopic (exact) mass is 275 g/mol. The van der Waals surface area contributed by atoms with Crippen LogP contribution in [0.1, 0.15) is 6.42 Å². The van der Waals surface area contributed by atoms with Gasteiger partial charge < -0.3 is 5.32 Å². The van der Waals surface area contributed by atoms with E-state index in [1.165, 1.54) is 12.4 Å². The van der Waals surface area contributed by atoms with Gasteiger partial charge in [-0.1, -0.05) is 11.6 Å². The molecule has 1 atom stereocenters. The van der Waals surface area contributed by atoms with E-state index in [1.54, 1.807) is 0 Å². The Morgan fingerprint density at radius 3 is 2.82 bits per heavy atom. The van der Waals surface area contributed by atoms with E-state index in [0.717, 1.165) is 0 Å². The molecule has 0 radical (unpaired) electrons. The maximum absolute atomic E-state index is 11.7. The smallest absolute Gasteiger partial charge is 0.229 e. The average molecular weight is 276 g/mol. The molecule has 0 bridgehead atoms. The molecule has 1 unspecified atom stereocenters. The molecule has 0 saturated carbocycles. The highest BCUT2D eigenvalue weighted by Gasteiger charge is 2.33. The molecule has 1 amide bonds. The van der Waals surface area contributed by atoms with Crippen LogP contribution in [0.25, 0.3) is 0 Å². The molecule has 92 valence electrons. The zero-order valence-corrected chi connectivity index (χ0v) is 10.3. The van der Waals surface area contributed by atoms with Gasteiger partial charge in [-0.15, -0.1) is 0 Å². The zero-order chi connectivity index (χ0) is 12.5. The summed E-state index contributed by atoms with van der Waals surface area (Å²) in [6.07, 6.45) is 3.05. The van der Waals surface area contributed by atoms with Gasteiger partial charge in [0.05, 0.1) is 29.8 Å². The molecule has 0 aromatic carbocycles. The maximum atomic E-state index is 11.7. The fraction of sp³-hybridized carbons (Fsp3) is 0.444. The first-order valence-corrected chi connectivity index (χ1v) is 7.15. The molecule has 1 N–H and O–H groups in total. The zero-order valence-electron chi connectivity index (χ0n) is 8.76. The first-order valence-electron chi connectivity index (χ1n) is 4.95. The van der Waals surface area contributed by atoms with Crippen LogP contribution in [0.4, 0.5) is 5.82 Å². The van der Waals surface area contributed by atoms with Crippen molar-refractivity contribution in [3.05, 3.63) is 17.5 Å². The summed E-state index contributed by atoms with van der Waals surface area (Å²) < 4.78 is 22.4. The van der Waals surface area contributed by atoms with Gasteiger partial charge in [0, 0.05) is 0 Å². The lowest BCUT2D eigenvalue weighted by molar-refractivity contribution is -0.119. The van der Waals surface area contributed by atoms with E-state index in [4.69, 9.17) is 11.6 Å². The minimum atomic E-state index is -3.06. The molecule has 0 aliphatic carbocycles. The Balaban J connectivity index is 2.03. The molecular formula is C9H10ClN3O3S. The maximum Gasteiger partial charge on any atom is 0.229 e.